The molecule has 1 aliphatic rings. The van der Waals surface area contributed by atoms with Crippen LogP contribution in [0.1, 0.15) is 16.7 Å². The minimum atomic E-state index is -0.349. The first-order chi connectivity index (χ1) is 10.9. The van der Waals surface area contributed by atoms with E-state index < -0.39 is 0 Å². The summed E-state index contributed by atoms with van der Waals surface area (Å²) < 4.78 is 13.3. The summed E-state index contributed by atoms with van der Waals surface area (Å²) in [7, 11) is 0. The molecule has 0 atom stereocenters. The highest BCUT2D eigenvalue weighted by atomic mass is 32.1. The van der Waals surface area contributed by atoms with Crippen LogP contribution < -0.4 is 10.2 Å². The van der Waals surface area contributed by atoms with Gasteiger partial charge in [-0.2, -0.15) is 0 Å². The first-order valence-electron chi connectivity index (χ1n) is 7.15. The van der Waals surface area contributed by atoms with Crippen molar-refractivity contribution in [2.75, 3.05) is 4.90 Å². The number of benzene rings is 2. The highest BCUT2D eigenvalue weighted by molar-refractivity contribution is 7.80. The molecule has 1 heterocycles. The van der Waals surface area contributed by atoms with E-state index >= 15 is 0 Å². The molecule has 23 heavy (non-hydrogen) atoms. The number of nitrogens with one attached hydrogen (secondary N) is 1. The van der Waals surface area contributed by atoms with Gasteiger partial charge in [0.15, 0.2) is 5.11 Å². The number of anilines is 1. The van der Waals surface area contributed by atoms with Crippen LogP contribution in [-0.2, 0) is 4.79 Å². The van der Waals surface area contributed by atoms with Crippen molar-refractivity contribution in [1.29, 1.82) is 0 Å². The Hall–Kier alpha value is -2.53. The topological polar surface area (TPSA) is 32.3 Å². The van der Waals surface area contributed by atoms with E-state index in [2.05, 4.69) is 5.32 Å². The van der Waals surface area contributed by atoms with Gasteiger partial charge >= 0.3 is 0 Å². The number of hydrogen-bond donors (Lipinski definition) is 1. The summed E-state index contributed by atoms with van der Waals surface area (Å²) in [6.45, 7) is 3.94. The van der Waals surface area contributed by atoms with Crippen LogP contribution in [0, 0.1) is 19.7 Å². The monoisotopic (exact) mass is 326 g/mol. The van der Waals surface area contributed by atoms with Crippen molar-refractivity contribution in [2.45, 2.75) is 13.8 Å². The van der Waals surface area contributed by atoms with Gasteiger partial charge in [0.2, 0.25) is 0 Å². The Labute approximate surface area is 139 Å². The molecule has 3 rings (SSSR count). The standard InChI is InChI=1S/C18H15FN2OS/c1-11-6-12(2)8-15(7-11)21-17(22)16(20-18(21)23)10-13-4-3-5-14(19)9-13/h3-10H,1-2H3,(H,20,23)/b16-10+. The van der Waals surface area contributed by atoms with Gasteiger partial charge in [-0.3, -0.25) is 9.69 Å². The fourth-order valence-electron chi connectivity index (χ4n) is 2.61. The zero-order valence-electron chi connectivity index (χ0n) is 12.8. The van der Waals surface area contributed by atoms with Crippen molar-refractivity contribution in [2.24, 2.45) is 0 Å². The van der Waals surface area contributed by atoms with Crippen molar-refractivity contribution in [1.82, 2.24) is 5.32 Å². The molecular formula is C18H15FN2OS. The van der Waals surface area contributed by atoms with Crippen molar-refractivity contribution in [3.63, 3.8) is 0 Å². The lowest BCUT2D eigenvalue weighted by molar-refractivity contribution is -0.113. The molecule has 5 heteroatoms. The average molecular weight is 326 g/mol. The van der Waals surface area contributed by atoms with Gasteiger partial charge in [0, 0.05) is 0 Å². The third kappa shape index (κ3) is 3.14. The van der Waals surface area contributed by atoms with E-state index in [1.165, 1.54) is 17.0 Å². The number of aryl methyl sites for hydroxylation is 2. The minimum Gasteiger partial charge on any atom is -0.327 e. The normalized spacial score (nSPS) is 16.1. The number of nitrogens with zero attached hydrogens (tertiary/aromatic N) is 1. The lowest BCUT2D eigenvalue weighted by Crippen LogP contribution is -2.30. The zero-order chi connectivity index (χ0) is 16.6. The Kier molecular flexibility index (Phi) is 3.96. The Morgan fingerprint density at radius 1 is 1.13 bits per heavy atom. The second-order valence-corrected chi connectivity index (χ2v) is 5.92. The first kappa shape index (κ1) is 15.4. The van der Waals surface area contributed by atoms with Crippen LogP contribution in [0.25, 0.3) is 6.08 Å². The predicted molar refractivity (Wildman–Crippen MR) is 93.5 cm³/mol. The average Bonchev–Trinajstić information content (AvgIpc) is 2.72. The second kappa shape index (κ2) is 5.93. The minimum absolute atomic E-state index is 0.246. The highest BCUT2D eigenvalue weighted by Crippen LogP contribution is 2.24. The molecule has 116 valence electrons. The van der Waals surface area contributed by atoms with Gasteiger partial charge in [-0.25, -0.2) is 4.39 Å². The lowest BCUT2D eigenvalue weighted by atomic mass is 10.1. The molecule has 1 saturated heterocycles. The number of rotatable bonds is 2. The van der Waals surface area contributed by atoms with Crippen molar-refractivity contribution in [3.05, 3.63) is 70.7 Å². The number of hydrogen-bond acceptors (Lipinski definition) is 2. The summed E-state index contributed by atoms with van der Waals surface area (Å²) in [4.78, 5) is 14.1. The maximum absolute atomic E-state index is 13.3. The van der Waals surface area contributed by atoms with Crippen LogP contribution in [0.15, 0.2) is 48.2 Å². The Morgan fingerprint density at radius 3 is 2.48 bits per heavy atom. The van der Waals surface area contributed by atoms with Gasteiger partial charge in [-0.15, -0.1) is 0 Å². The summed E-state index contributed by atoms with van der Waals surface area (Å²) in [5, 5.41) is 3.23. The Balaban J connectivity index is 1.97. The SMILES string of the molecule is Cc1cc(C)cc(N2C(=O)/C(=C\c3cccc(F)c3)NC2=S)c1. The summed E-state index contributed by atoms with van der Waals surface area (Å²) in [6.07, 6.45) is 1.60. The number of carbonyl (C=O) groups excluding carboxylic acids is 1. The lowest BCUT2D eigenvalue weighted by Gasteiger charge is -2.15. The molecule has 0 spiro atoms. The number of carbonyl (C=O) groups is 1. The fourth-order valence-corrected chi connectivity index (χ4v) is 2.91. The predicted octanol–water partition coefficient (Wildman–Crippen LogP) is 3.70. The van der Waals surface area contributed by atoms with Gasteiger partial charge < -0.3 is 5.32 Å². The zero-order valence-corrected chi connectivity index (χ0v) is 13.6. The molecule has 1 aliphatic heterocycles. The molecule has 0 aromatic heterocycles. The van der Waals surface area contributed by atoms with Crippen LogP contribution >= 0.6 is 12.2 Å². The summed E-state index contributed by atoms with van der Waals surface area (Å²) in [5.41, 5.74) is 3.77. The van der Waals surface area contributed by atoms with Crippen molar-refractivity contribution < 1.29 is 9.18 Å². The molecule has 0 unspecified atom stereocenters. The fraction of sp³-hybridized carbons (Fsp3) is 0.111. The van der Waals surface area contributed by atoms with Gasteiger partial charge in [0.1, 0.15) is 11.5 Å². The van der Waals surface area contributed by atoms with E-state index in [1.54, 1.807) is 18.2 Å². The van der Waals surface area contributed by atoms with E-state index in [4.69, 9.17) is 12.2 Å². The van der Waals surface area contributed by atoms with Crippen LogP contribution in [0.3, 0.4) is 0 Å². The molecule has 0 bridgehead atoms. The number of amides is 1. The third-order valence-electron chi connectivity index (χ3n) is 3.50. The smallest absolute Gasteiger partial charge is 0.281 e. The van der Waals surface area contributed by atoms with Crippen LogP contribution in [-0.4, -0.2) is 11.0 Å². The molecule has 0 radical (unpaired) electrons. The largest absolute Gasteiger partial charge is 0.327 e. The van der Waals surface area contributed by atoms with E-state index in [0.717, 1.165) is 16.8 Å². The Bertz CT molecular complexity index is 824. The maximum Gasteiger partial charge on any atom is 0.281 e. The molecular weight excluding hydrogens is 311 g/mol. The number of halogens is 1. The summed E-state index contributed by atoms with van der Waals surface area (Å²) in [6, 6.07) is 11.9. The molecule has 3 nitrogen and oxygen atoms in total. The van der Waals surface area contributed by atoms with E-state index in [0.29, 0.717) is 16.4 Å². The summed E-state index contributed by atoms with van der Waals surface area (Å²) in [5.74, 6) is -0.595. The van der Waals surface area contributed by atoms with E-state index in [9.17, 15) is 9.18 Å². The molecule has 2 aromatic rings. The second-order valence-electron chi connectivity index (χ2n) is 5.53. The third-order valence-corrected chi connectivity index (χ3v) is 3.79. The van der Waals surface area contributed by atoms with Crippen LogP contribution in [0.2, 0.25) is 0 Å². The van der Waals surface area contributed by atoms with Gasteiger partial charge in [-0.1, -0.05) is 18.2 Å². The molecule has 1 N–H and O–H groups in total. The van der Waals surface area contributed by atoms with Gasteiger partial charge in [-0.05, 0) is 73.1 Å². The van der Waals surface area contributed by atoms with Crippen LogP contribution in [0.5, 0.6) is 0 Å². The summed E-state index contributed by atoms with van der Waals surface area (Å²) >= 11 is 5.28. The molecule has 0 saturated carbocycles. The highest BCUT2D eigenvalue weighted by Gasteiger charge is 2.32. The maximum atomic E-state index is 13.3. The first-order valence-corrected chi connectivity index (χ1v) is 7.56. The van der Waals surface area contributed by atoms with E-state index in [1.807, 2.05) is 32.0 Å². The van der Waals surface area contributed by atoms with Crippen molar-refractivity contribution >= 4 is 35.0 Å². The molecule has 0 aliphatic carbocycles. The molecule has 1 amide bonds. The quantitative estimate of drug-likeness (QED) is 0.674. The van der Waals surface area contributed by atoms with Crippen LogP contribution in [0.4, 0.5) is 10.1 Å². The molecule has 2 aromatic carbocycles. The number of thiocarbonyl (C=S) groups is 1. The Morgan fingerprint density at radius 2 is 1.83 bits per heavy atom. The van der Waals surface area contributed by atoms with E-state index in [-0.39, 0.29) is 11.7 Å². The van der Waals surface area contributed by atoms with Gasteiger partial charge in [0.25, 0.3) is 5.91 Å². The van der Waals surface area contributed by atoms with Crippen molar-refractivity contribution in [3.8, 4) is 0 Å². The molecule has 1 fully saturated rings. The van der Waals surface area contributed by atoms with Gasteiger partial charge in [0.05, 0.1) is 5.69 Å².